The Labute approximate surface area is 111 Å². The average Bonchev–Trinajstić information content (AvgIpc) is 2.60. The Hall–Kier alpha value is -1.82. The number of benzene rings is 1. The molecule has 6 nitrogen and oxygen atoms in total. The highest BCUT2D eigenvalue weighted by molar-refractivity contribution is 5.72. The highest BCUT2D eigenvalue weighted by Gasteiger charge is 2.46. The van der Waals surface area contributed by atoms with E-state index in [0.717, 1.165) is 0 Å². The fourth-order valence-corrected chi connectivity index (χ4v) is 2.25. The fourth-order valence-electron chi connectivity index (χ4n) is 2.25. The molecule has 0 aliphatic carbocycles. The molecule has 0 fully saturated rings. The molecule has 1 aromatic rings. The zero-order chi connectivity index (χ0) is 14.4. The van der Waals surface area contributed by atoms with E-state index in [4.69, 9.17) is 18.9 Å². The predicted molar refractivity (Wildman–Crippen MR) is 67.4 cm³/mol. The molecule has 19 heavy (non-hydrogen) atoms. The molecule has 2 N–H and O–H groups in total. The largest absolute Gasteiger partial charge is 0.504 e. The van der Waals surface area contributed by atoms with Crippen LogP contribution in [0.5, 0.6) is 28.7 Å². The third kappa shape index (κ3) is 1.74. The molecular formula is C13H18O6. The smallest absolute Gasteiger partial charge is 0.211 e. The standard InChI is InChI=1S/C13H18O6/c1-13(2)12(15)6-7(14)9(16-3)11(18-5)10(17-4)8(6)19-13/h12,14-15H,1-5H3. The van der Waals surface area contributed by atoms with Crippen LogP contribution in [0.25, 0.3) is 0 Å². The van der Waals surface area contributed by atoms with E-state index in [1.165, 1.54) is 21.3 Å². The van der Waals surface area contributed by atoms with E-state index < -0.39 is 11.7 Å². The number of fused-ring (bicyclic) bond motifs is 1. The highest BCUT2D eigenvalue weighted by Crippen LogP contribution is 2.60. The summed E-state index contributed by atoms with van der Waals surface area (Å²) in [5.41, 5.74) is -0.621. The molecule has 0 saturated carbocycles. The summed E-state index contributed by atoms with van der Waals surface area (Å²) in [6.07, 6.45) is -0.990. The number of phenolic OH excluding ortho intramolecular Hbond substituents is 1. The lowest BCUT2D eigenvalue weighted by molar-refractivity contribution is -0.000926. The van der Waals surface area contributed by atoms with Crippen LogP contribution in [0, 0.1) is 0 Å². The number of ether oxygens (including phenoxy) is 4. The molecule has 0 radical (unpaired) electrons. The monoisotopic (exact) mass is 270 g/mol. The quantitative estimate of drug-likeness (QED) is 0.869. The Morgan fingerprint density at radius 3 is 2.00 bits per heavy atom. The van der Waals surface area contributed by atoms with Crippen LogP contribution in [0.1, 0.15) is 25.5 Å². The summed E-state index contributed by atoms with van der Waals surface area (Å²) in [5, 5.41) is 20.5. The van der Waals surface area contributed by atoms with Crippen molar-refractivity contribution in [2.24, 2.45) is 0 Å². The zero-order valence-corrected chi connectivity index (χ0v) is 11.6. The first-order chi connectivity index (χ1) is 8.88. The minimum Gasteiger partial charge on any atom is -0.504 e. The first-order valence-electron chi connectivity index (χ1n) is 5.80. The van der Waals surface area contributed by atoms with Gasteiger partial charge in [0.25, 0.3) is 0 Å². The molecule has 1 atom stereocenters. The molecule has 1 aliphatic rings. The van der Waals surface area contributed by atoms with E-state index in [1.54, 1.807) is 13.8 Å². The third-order valence-electron chi connectivity index (χ3n) is 3.24. The first-order valence-corrected chi connectivity index (χ1v) is 5.80. The summed E-state index contributed by atoms with van der Waals surface area (Å²) in [5.74, 6) is 0.699. The van der Waals surface area contributed by atoms with E-state index >= 15 is 0 Å². The summed E-state index contributed by atoms with van der Waals surface area (Å²) in [6.45, 7) is 3.44. The number of rotatable bonds is 3. The number of aliphatic hydroxyl groups is 1. The van der Waals surface area contributed by atoms with E-state index in [-0.39, 0.29) is 34.3 Å². The second kappa shape index (κ2) is 4.38. The van der Waals surface area contributed by atoms with Crippen LogP contribution in [0.4, 0.5) is 0 Å². The van der Waals surface area contributed by atoms with Crippen LogP contribution in [0.3, 0.4) is 0 Å². The second-order valence-electron chi connectivity index (χ2n) is 4.80. The van der Waals surface area contributed by atoms with Crippen LogP contribution in [-0.2, 0) is 0 Å². The third-order valence-corrected chi connectivity index (χ3v) is 3.24. The van der Waals surface area contributed by atoms with Crippen molar-refractivity contribution < 1.29 is 29.2 Å². The average molecular weight is 270 g/mol. The molecule has 0 amide bonds. The van der Waals surface area contributed by atoms with Gasteiger partial charge in [0.15, 0.2) is 11.5 Å². The van der Waals surface area contributed by atoms with Gasteiger partial charge in [-0.3, -0.25) is 0 Å². The van der Waals surface area contributed by atoms with Gasteiger partial charge in [-0.15, -0.1) is 0 Å². The highest BCUT2D eigenvalue weighted by atomic mass is 16.6. The van der Waals surface area contributed by atoms with Crippen LogP contribution in [0.2, 0.25) is 0 Å². The van der Waals surface area contributed by atoms with Crippen LogP contribution < -0.4 is 18.9 Å². The maximum atomic E-state index is 10.3. The molecule has 0 spiro atoms. The van der Waals surface area contributed by atoms with Crippen LogP contribution >= 0.6 is 0 Å². The summed E-state index contributed by atoms with van der Waals surface area (Å²) < 4.78 is 21.3. The summed E-state index contributed by atoms with van der Waals surface area (Å²) >= 11 is 0. The number of phenols is 1. The molecule has 1 heterocycles. The zero-order valence-electron chi connectivity index (χ0n) is 11.6. The number of hydrogen-bond donors (Lipinski definition) is 2. The van der Waals surface area contributed by atoms with Crippen molar-refractivity contribution in [3.05, 3.63) is 5.56 Å². The molecule has 1 unspecified atom stereocenters. The molecule has 1 aromatic carbocycles. The topological polar surface area (TPSA) is 77.4 Å². The summed E-state index contributed by atoms with van der Waals surface area (Å²) in [6, 6.07) is 0. The van der Waals surface area contributed by atoms with Gasteiger partial charge in [0.1, 0.15) is 11.7 Å². The van der Waals surface area contributed by atoms with Gasteiger partial charge in [-0.2, -0.15) is 0 Å². The normalized spacial score (nSPS) is 19.6. The number of aromatic hydroxyl groups is 1. The van der Waals surface area contributed by atoms with E-state index in [2.05, 4.69) is 0 Å². The molecule has 106 valence electrons. The van der Waals surface area contributed by atoms with Crippen molar-refractivity contribution in [2.45, 2.75) is 25.6 Å². The van der Waals surface area contributed by atoms with Crippen molar-refractivity contribution in [1.82, 2.24) is 0 Å². The van der Waals surface area contributed by atoms with Crippen LogP contribution in [-0.4, -0.2) is 37.1 Å². The molecule has 0 aromatic heterocycles. The van der Waals surface area contributed by atoms with Gasteiger partial charge in [-0.1, -0.05) is 0 Å². The van der Waals surface area contributed by atoms with Crippen molar-refractivity contribution in [2.75, 3.05) is 21.3 Å². The minimum absolute atomic E-state index is 0.110. The minimum atomic E-state index is -0.990. The van der Waals surface area contributed by atoms with Gasteiger partial charge >= 0.3 is 0 Å². The lowest BCUT2D eigenvalue weighted by Crippen LogP contribution is -2.29. The molecule has 1 aliphatic heterocycles. The van der Waals surface area contributed by atoms with Gasteiger partial charge in [-0.25, -0.2) is 0 Å². The lowest BCUT2D eigenvalue weighted by Gasteiger charge is -2.21. The number of methoxy groups -OCH3 is 3. The Balaban J connectivity index is 2.79. The Kier molecular flexibility index (Phi) is 3.14. The number of hydrogen-bond acceptors (Lipinski definition) is 6. The van der Waals surface area contributed by atoms with E-state index in [9.17, 15) is 10.2 Å². The van der Waals surface area contributed by atoms with Gasteiger partial charge in [0, 0.05) is 0 Å². The molecular weight excluding hydrogens is 252 g/mol. The molecule has 0 saturated heterocycles. The molecule has 0 bridgehead atoms. The lowest BCUT2D eigenvalue weighted by atomic mass is 9.96. The predicted octanol–water partition coefficient (Wildman–Crippen LogP) is 1.62. The van der Waals surface area contributed by atoms with E-state index in [1.807, 2.05) is 0 Å². The Bertz CT molecular complexity index is 509. The molecule has 6 heteroatoms. The Morgan fingerprint density at radius 1 is 1.00 bits per heavy atom. The first kappa shape index (κ1) is 13.6. The van der Waals surface area contributed by atoms with Crippen LogP contribution in [0.15, 0.2) is 0 Å². The van der Waals surface area contributed by atoms with Crippen molar-refractivity contribution in [3.8, 4) is 28.7 Å². The summed E-state index contributed by atoms with van der Waals surface area (Å²) in [7, 11) is 4.29. The van der Waals surface area contributed by atoms with Gasteiger partial charge in [-0.05, 0) is 13.8 Å². The Morgan fingerprint density at radius 2 is 1.53 bits per heavy atom. The maximum absolute atomic E-state index is 10.3. The van der Waals surface area contributed by atoms with Gasteiger partial charge < -0.3 is 29.2 Å². The second-order valence-corrected chi connectivity index (χ2v) is 4.80. The maximum Gasteiger partial charge on any atom is 0.211 e. The van der Waals surface area contributed by atoms with Crippen molar-refractivity contribution in [3.63, 3.8) is 0 Å². The molecule has 2 rings (SSSR count). The van der Waals surface area contributed by atoms with Gasteiger partial charge in [0.2, 0.25) is 17.2 Å². The summed E-state index contributed by atoms with van der Waals surface area (Å²) in [4.78, 5) is 0. The van der Waals surface area contributed by atoms with Gasteiger partial charge in [0.05, 0.1) is 26.9 Å². The van der Waals surface area contributed by atoms with Crippen molar-refractivity contribution in [1.29, 1.82) is 0 Å². The number of aliphatic hydroxyl groups excluding tert-OH is 1. The van der Waals surface area contributed by atoms with E-state index in [0.29, 0.717) is 0 Å². The SMILES string of the molecule is COc1c(O)c2c(c(OC)c1OC)OC(C)(C)C2O. The fraction of sp³-hybridized carbons (Fsp3) is 0.538. The van der Waals surface area contributed by atoms with Crippen molar-refractivity contribution >= 4 is 0 Å².